The highest BCUT2D eigenvalue weighted by molar-refractivity contribution is 7.13. The van der Waals surface area contributed by atoms with Crippen molar-refractivity contribution in [2.45, 2.75) is 6.92 Å². The monoisotopic (exact) mass is 421 g/mol. The number of hydrogen-bond donors (Lipinski definition) is 2. The zero-order chi connectivity index (χ0) is 21.1. The van der Waals surface area contributed by atoms with Crippen LogP contribution in [0.25, 0.3) is 16.8 Å². The molecule has 6 nitrogen and oxygen atoms in total. The lowest BCUT2D eigenvalue weighted by molar-refractivity contribution is 0.265. The molecule has 0 saturated heterocycles. The fourth-order valence-corrected chi connectivity index (χ4v) is 4.37. The number of nitrogens with one attached hydrogen (secondary N) is 1. The summed E-state index contributed by atoms with van der Waals surface area (Å²) in [6, 6.07) is 17.3. The maximum atomic E-state index is 10.5. The summed E-state index contributed by atoms with van der Waals surface area (Å²) < 4.78 is 10.9. The van der Waals surface area contributed by atoms with Gasteiger partial charge in [-0.25, -0.2) is 4.98 Å². The molecule has 1 aromatic heterocycles. The normalized spacial score (nSPS) is 13.8. The lowest BCUT2D eigenvalue weighted by atomic mass is 10.1. The topological polar surface area (TPSA) is 78.7 Å². The molecule has 4 rings (SSSR count). The molecule has 0 atom stereocenters. The third-order valence-corrected chi connectivity index (χ3v) is 5.92. The zero-order valence-corrected chi connectivity index (χ0v) is 17.7. The summed E-state index contributed by atoms with van der Waals surface area (Å²) in [5, 5.41) is 19.8. The maximum Gasteiger partial charge on any atom is 0.135 e. The lowest BCUT2D eigenvalue weighted by Crippen LogP contribution is -2.31. The van der Waals surface area contributed by atoms with E-state index in [-0.39, 0.29) is 11.6 Å². The van der Waals surface area contributed by atoms with Crippen LogP contribution in [0.4, 0.5) is 0 Å². The Hall–Kier alpha value is -3.32. The van der Waals surface area contributed by atoms with Gasteiger partial charge in [0.15, 0.2) is 0 Å². The number of aromatic nitrogens is 1. The largest absolute Gasteiger partial charge is 0.510 e. The molecule has 0 spiro atoms. The predicted molar refractivity (Wildman–Crippen MR) is 120 cm³/mol. The van der Waals surface area contributed by atoms with Crippen molar-refractivity contribution in [1.82, 2.24) is 9.88 Å². The minimum Gasteiger partial charge on any atom is -0.510 e. The SMILES string of the molecule is COc1ccc(OCCN2CC(O)=C(c3nc(-c4ccccc4)c(C)s3)C2=N)cc1. The van der Waals surface area contributed by atoms with Crippen LogP contribution < -0.4 is 9.47 Å². The van der Waals surface area contributed by atoms with Gasteiger partial charge in [-0.1, -0.05) is 30.3 Å². The number of aliphatic hydroxyl groups is 1. The molecule has 0 fully saturated rings. The molecule has 7 heteroatoms. The summed E-state index contributed by atoms with van der Waals surface area (Å²) in [4.78, 5) is 7.59. The summed E-state index contributed by atoms with van der Waals surface area (Å²) in [5.74, 6) is 1.97. The van der Waals surface area contributed by atoms with Crippen molar-refractivity contribution in [2.24, 2.45) is 0 Å². The third kappa shape index (κ3) is 4.02. The third-order valence-electron chi connectivity index (χ3n) is 4.93. The highest BCUT2D eigenvalue weighted by Gasteiger charge is 2.30. The van der Waals surface area contributed by atoms with E-state index in [0.29, 0.717) is 30.3 Å². The number of nitrogens with zero attached hydrogens (tertiary/aromatic N) is 2. The van der Waals surface area contributed by atoms with E-state index in [1.54, 1.807) is 12.0 Å². The number of methoxy groups -OCH3 is 1. The molecule has 2 heterocycles. The van der Waals surface area contributed by atoms with E-state index in [9.17, 15) is 5.11 Å². The first-order valence-electron chi connectivity index (χ1n) is 9.63. The van der Waals surface area contributed by atoms with E-state index in [2.05, 4.69) is 0 Å². The first-order valence-corrected chi connectivity index (χ1v) is 10.4. The number of aliphatic hydroxyl groups excluding tert-OH is 1. The summed E-state index contributed by atoms with van der Waals surface area (Å²) in [7, 11) is 1.62. The highest BCUT2D eigenvalue weighted by Crippen LogP contribution is 2.35. The van der Waals surface area contributed by atoms with Crippen molar-refractivity contribution >= 4 is 22.7 Å². The molecule has 1 aliphatic heterocycles. The Morgan fingerprint density at radius 2 is 1.80 bits per heavy atom. The van der Waals surface area contributed by atoms with Gasteiger partial charge >= 0.3 is 0 Å². The number of rotatable bonds is 7. The number of thiazole rings is 1. The van der Waals surface area contributed by atoms with E-state index < -0.39 is 0 Å². The molecular weight excluding hydrogens is 398 g/mol. The van der Waals surface area contributed by atoms with Crippen molar-refractivity contribution < 1.29 is 14.6 Å². The molecule has 0 amide bonds. The van der Waals surface area contributed by atoms with Crippen LogP contribution in [0.2, 0.25) is 0 Å². The number of hydrogen-bond acceptors (Lipinski definition) is 6. The molecule has 154 valence electrons. The second-order valence-electron chi connectivity index (χ2n) is 6.91. The lowest BCUT2D eigenvalue weighted by Gasteiger charge is -2.18. The summed E-state index contributed by atoms with van der Waals surface area (Å²) in [6.45, 7) is 3.20. The molecule has 0 unspecified atom stereocenters. The Kier molecular flexibility index (Phi) is 5.72. The predicted octanol–water partition coefficient (Wildman–Crippen LogP) is 4.77. The molecule has 0 radical (unpaired) electrons. The van der Waals surface area contributed by atoms with E-state index in [1.807, 2.05) is 61.5 Å². The average molecular weight is 422 g/mol. The molecule has 2 aromatic carbocycles. The molecule has 0 saturated carbocycles. The first kappa shape index (κ1) is 20.0. The minimum atomic E-state index is 0.179. The number of amidine groups is 1. The van der Waals surface area contributed by atoms with E-state index in [4.69, 9.17) is 19.9 Å². The van der Waals surface area contributed by atoms with Crippen LogP contribution in [0.5, 0.6) is 11.5 Å². The molecule has 3 aromatic rings. The molecule has 2 N–H and O–H groups in total. The first-order chi connectivity index (χ1) is 14.6. The van der Waals surface area contributed by atoms with Gasteiger partial charge in [0.2, 0.25) is 0 Å². The second kappa shape index (κ2) is 8.59. The van der Waals surface area contributed by atoms with Crippen LogP contribution in [0, 0.1) is 12.3 Å². The highest BCUT2D eigenvalue weighted by atomic mass is 32.1. The Balaban J connectivity index is 1.42. The smallest absolute Gasteiger partial charge is 0.135 e. The van der Waals surface area contributed by atoms with Crippen molar-refractivity contribution in [3.63, 3.8) is 0 Å². The van der Waals surface area contributed by atoms with Crippen LogP contribution in [0.1, 0.15) is 9.88 Å². The van der Waals surface area contributed by atoms with Gasteiger partial charge in [0, 0.05) is 10.4 Å². The fraction of sp³-hybridized carbons (Fsp3) is 0.217. The summed E-state index contributed by atoms with van der Waals surface area (Å²) in [5.41, 5.74) is 2.44. The van der Waals surface area contributed by atoms with Crippen LogP contribution in [-0.4, -0.2) is 47.6 Å². The second-order valence-corrected chi connectivity index (χ2v) is 8.11. The van der Waals surface area contributed by atoms with Crippen molar-refractivity contribution in [1.29, 1.82) is 5.41 Å². The average Bonchev–Trinajstić information content (AvgIpc) is 3.27. The van der Waals surface area contributed by atoms with Gasteiger partial charge in [0.1, 0.15) is 34.7 Å². The molecule has 30 heavy (non-hydrogen) atoms. The van der Waals surface area contributed by atoms with Gasteiger partial charge in [-0.3, -0.25) is 5.41 Å². The Morgan fingerprint density at radius 1 is 1.10 bits per heavy atom. The number of benzene rings is 2. The quantitative estimate of drug-likeness (QED) is 0.575. The molecule has 0 aliphatic carbocycles. The Bertz CT molecular complexity index is 1070. The van der Waals surface area contributed by atoms with E-state index in [0.717, 1.165) is 27.6 Å². The Labute approximate surface area is 179 Å². The van der Waals surface area contributed by atoms with Crippen molar-refractivity contribution in [2.75, 3.05) is 26.8 Å². The standard InChI is InChI=1S/C23H23N3O3S/c1-15-21(16-6-4-3-5-7-16)25-23(30-15)20-19(27)14-26(22(20)24)12-13-29-18-10-8-17(28-2)9-11-18/h3-11,24,27H,12-14H2,1-2H3. The van der Waals surface area contributed by atoms with Crippen molar-refractivity contribution in [3.05, 3.63) is 70.2 Å². The van der Waals surface area contributed by atoms with Crippen LogP contribution in [-0.2, 0) is 0 Å². The molecule has 1 aliphatic rings. The van der Waals surface area contributed by atoms with Gasteiger partial charge in [-0.2, -0.15) is 0 Å². The van der Waals surface area contributed by atoms with E-state index in [1.165, 1.54) is 11.3 Å². The van der Waals surface area contributed by atoms with E-state index >= 15 is 0 Å². The summed E-state index contributed by atoms with van der Waals surface area (Å²) in [6.07, 6.45) is 0. The number of aryl methyl sites for hydroxylation is 1. The minimum absolute atomic E-state index is 0.179. The molecule has 0 bridgehead atoms. The van der Waals surface area contributed by atoms with Gasteiger partial charge < -0.3 is 19.5 Å². The van der Waals surface area contributed by atoms with Gasteiger partial charge in [0.05, 0.1) is 31.5 Å². The van der Waals surface area contributed by atoms with Crippen LogP contribution >= 0.6 is 11.3 Å². The van der Waals surface area contributed by atoms with Gasteiger partial charge in [-0.05, 0) is 31.2 Å². The van der Waals surface area contributed by atoms with Crippen LogP contribution in [0.15, 0.2) is 60.4 Å². The fourth-order valence-electron chi connectivity index (χ4n) is 3.36. The molecular formula is C23H23N3O3S. The van der Waals surface area contributed by atoms with Crippen molar-refractivity contribution in [3.8, 4) is 22.8 Å². The Morgan fingerprint density at radius 3 is 2.50 bits per heavy atom. The number of ether oxygens (including phenoxy) is 2. The maximum absolute atomic E-state index is 10.5. The van der Waals surface area contributed by atoms with Crippen LogP contribution in [0.3, 0.4) is 0 Å². The zero-order valence-electron chi connectivity index (χ0n) is 16.9. The van der Waals surface area contributed by atoms with Gasteiger partial charge in [-0.15, -0.1) is 11.3 Å². The van der Waals surface area contributed by atoms with Gasteiger partial charge in [0.25, 0.3) is 0 Å². The summed E-state index contributed by atoms with van der Waals surface area (Å²) >= 11 is 1.50.